The molecule has 0 saturated heterocycles. The van der Waals surface area contributed by atoms with Crippen molar-refractivity contribution in [3.8, 4) is 11.5 Å². The van der Waals surface area contributed by atoms with E-state index >= 15 is 0 Å². The second-order valence-corrected chi connectivity index (χ2v) is 6.92. The van der Waals surface area contributed by atoms with Gasteiger partial charge in [-0.15, -0.1) is 0 Å². The van der Waals surface area contributed by atoms with Crippen LogP contribution in [0.5, 0.6) is 11.5 Å². The van der Waals surface area contributed by atoms with Gasteiger partial charge in [-0.3, -0.25) is 4.99 Å². The highest BCUT2D eigenvalue weighted by Gasteiger charge is 2.33. The van der Waals surface area contributed by atoms with Crippen molar-refractivity contribution < 1.29 is 9.84 Å². The quantitative estimate of drug-likeness (QED) is 0.754. The van der Waals surface area contributed by atoms with E-state index in [4.69, 9.17) is 4.74 Å². The van der Waals surface area contributed by atoms with Crippen LogP contribution in [-0.2, 0) is 6.42 Å². The number of likely N-dealkylation sites (N-methyl/N-ethyl adjacent to an activating group) is 1. The number of aryl methyl sites for hydroxylation is 1. The molecule has 0 atom stereocenters. The molecule has 2 rings (SSSR count). The van der Waals surface area contributed by atoms with Gasteiger partial charge < -0.3 is 15.2 Å². The van der Waals surface area contributed by atoms with Crippen LogP contribution in [0.4, 0.5) is 0 Å². The number of phenols is 1. The van der Waals surface area contributed by atoms with Crippen molar-refractivity contribution >= 4 is 5.71 Å². The third-order valence-electron chi connectivity index (χ3n) is 4.14. The zero-order valence-electron chi connectivity index (χ0n) is 14.9. The monoisotopic (exact) mass is 318 g/mol. The summed E-state index contributed by atoms with van der Waals surface area (Å²) in [4.78, 5) is 4.69. The summed E-state index contributed by atoms with van der Waals surface area (Å²) in [6.45, 7) is 7.88. The molecule has 1 aromatic rings. The Balaban J connectivity index is 2.31. The van der Waals surface area contributed by atoms with Crippen molar-refractivity contribution in [2.24, 2.45) is 4.99 Å². The van der Waals surface area contributed by atoms with Gasteiger partial charge in [-0.25, -0.2) is 0 Å². The maximum Gasteiger partial charge on any atom is 0.133 e. The Morgan fingerprint density at radius 2 is 2.09 bits per heavy atom. The second kappa shape index (κ2) is 7.82. The van der Waals surface area contributed by atoms with Crippen LogP contribution in [0.3, 0.4) is 0 Å². The molecule has 0 aromatic heterocycles. The Bertz CT molecular complexity index is 565. The molecule has 0 saturated carbocycles. The average molecular weight is 318 g/mol. The van der Waals surface area contributed by atoms with Gasteiger partial charge in [0.05, 0.1) is 17.8 Å². The van der Waals surface area contributed by atoms with E-state index in [-0.39, 0.29) is 5.60 Å². The van der Waals surface area contributed by atoms with E-state index in [1.807, 2.05) is 13.1 Å². The fraction of sp³-hybridized carbons (Fsp3) is 0.632. The van der Waals surface area contributed by atoms with Crippen LogP contribution in [0, 0.1) is 0 Å². The number of nitrogens with one attached hydrogen (secondary N) is 1. The van der Waals surface area contributed by atoms with Crippen molar-refractivity contribution in [2.45, 2.75) is 58.5 Å². The summed E-state index contributed by atoms with van der Waals surface area (Å²) in [7, 11) is 1.92. The minimum Gasteiger partial charge on any atom is -0.507 e. The molecule has 1 aliphatic heterocycles. The van der Waals surface area contributed by atoms with Gasteiger partial charge in [-0.05, 0) is 51.4 Å². The molecular formula is C19H30N2O2. The molecule has 4 nitrogen and oxygen atoms in total. The average Bonchev–Trinajstić information content (AvgIpc) is 2.45. The fourth-order valence-electron chi connectivity index (χ4n) is 3.01. The van der Waals surface area contributed by atoms with Crippen LogP contribution in [0.1, 0.15) is 57.6 Å². The van der Waals surface area contributed by atoms with E-state index in [0.29, 0.717) is 18.7 Å². The molecule has 0 bridgehead atoms. The maximum absolute atomic E-state index is 10.5. The van der Waals surface area contributed by atoms with Gasteiger partial charge in [-0.2, -0.15) is 0 Å². The molecule has 23 heavy (non-hydrogen) atoms. The molecule has 1 aromatic carbocycles. The number of nitrogens with zero attached hydrogens (tertiary/aromatic N) is 1. The molecule has 1 heterocycles. The van der Waals surface area contributed by atoms with Crippen LogP contribution in [0.15, 0.2) is 17.1 Å². The molecule has 0 spiro atoms. The first-order valence-electron chi connectivity index (χ1n) is 8.70. The highest BCUT2D eigenvalue weighted by molar-refractivity contribution is 6.06. The molecule has 0 radical (unpaired) electrons. The van der Waals surface area contributed by atoms with E-state index in [0.717, 1.165) is 42.0 Å². The summed E-state index contributed by atoms with van der Waals surface area (Å²) >= 11 is 0. The number of aliphatic imine (C=N–C) groups is 1. The van der Waals surface area contributed by atoms with Crippen LogP contribution >= 0.6 is 0 Å². The third-order valence-corrected chi connectivity index (χ3v) is 4.14. The lowest BCUT2D eigenvalue weighted by Crippen LogP contribution is -2.36. The predicted octanol–water partition coefficient (Wildman–Crippen LogP) is 3.69. The van der Waals surface area contributed by atoms with Gasteiger partial charge in [-0.1, -0.05) is 19.8 Å². The van der Waals surface area contributed by atoms with Crippen LogP contribution in [0.25, 0.3) is 0 Å². The second-order valence-electron chi connectivity index (χ2n) is 6.92. The first-order valence-corrected chi connectivity index (χ1v) is 8.70. The summed E-state index contributed by atoms with van der Waals surface area (Å²) in [6, 6.07) is 3.96. The zero-order valence-corrected chi connectivity index (χ0v) is 14.9. The largest absolute Gasteiger partial charge is 0.507 e. The number of rotatable bonds is 7. The number of unbranched alkanes of at least 4 members (excludes halogenated alkanes) is 2. The van der Waals surface area contributed by atoms with Crippen LogP contribution in [0.2, 0.25) is 0 Å². The molecule has 0 amide bonds. The minimum absolute atomic E-state index is 0.292. The fourth-order valence-corrected chi connectivity index (χ4v) is 3.01. The number of aromatic hydroxyl groups is 1. The third kappa shape index (κ3) is 4.71. The Morgan fingerprint density at radius 3 is 2.78 bits per heavy atom. The van der Waals surface area contributed by atoms with Crippen molar-refractivity contribution in [3.63, 3.8) is 0 Å². The van der Waals surface area contributed by atoms with E-state index in [1.165, 1.54) is 12.8 Å². The van der Waals surface area contributed by atoms with Gasteiger partial charge in [0.15, 0.2) is 0 Å². The Labute approximate surface area is 140 Å². The Morgan fingerprint density at radius 1 is 1.30 bits per heavy atom. The van der Waals surface area contributed by atoms with Crippen LogP contribution in [-0.4, -0.2) is 36.6 Å². The molecular weight excluding hydrogens is 288 g/mol. The lowest BCUT2D eigenvalue weighted by Gasteiger charge is -2.34. The summed E-state index contributed by atoms with van der Waals surface area (Å²) in [5.74, 6) is 1.07. The Kier molecular flexibility index (Phi) is 6.05. The number of hydrogen-bond donors (Lipinski definition) is 2. The van der Waals surface area contributed by atoms with Crippen molar-refractivity contribution in [1.82, 2.24) is 5.32 Å². The molecule has 2 N–H and O–H groups in total. The van der Waals surface area contributed by atoms with E-state index in [2.05, 4.69) is 37.1 Å². The lowest BCUT2D eigenvalue weighted by molar-refractivity contribution is 0.110. The van der Waals surface area contributed by atoms with Crippen molar-refractivity contribution in [3.05, 3.63) is 23.3 Å². The summed E-state index contributed by atoms with van der Waals surface area (Å²) < 4.78 is 6.13. The molecule has 128 valence electrons. The first kappa shape index (κ1) is 17.8. The topological polar surface area (TPSA) is 53.9 Å². The van der Waals surface area contributed by atoms with E-state index < -0.39 is 0 Å². The maximum atomic E-state index is 10.5. The number of ether oxygens (including phenoxy) is 1. The summed E-state index contributed by atoms with van der Waals surface area (Å²) in [6.07, 6.45) is 5.24. The number of benzene rings is 1. The number of fused-ring (bicyclic) bond motifs is 1. The van der Waals surface area contributed by atoms with Gasteiger partial charge >= 0.3 is 0 Å². The van der Waals surface area contributed by atoms with E-state index in [1.54, 1.807) is 0 Å². The number of hydrogen-bond acceptors (Lipinski definition) is 4. The van der Waals surface area contributed by atoms with Crippen LogP contribution < -0.4 is 10.1 Å². The first-order chi connectivity index (χ1) is 11.0. The standard InChI is InChI=1S/C19H30N2O2/c1-5-6-7-8-14-11-16(22)18-15(21-10-9-20-4)13-19(2,3)23-17(18)12-14/h11-12,20,22H,5-10,13H2,1-4H3. The van der Waals surface area contributed by atoms with Gasteiger partial charge in [0.1, 0.15) is 17.1 Å². The van der Waals surface area contributed by atoms with Gasteiger partial charge in [0.2, 0.25) is 0 Å². The summed E-state index contributed by atoms with van der Waals surface area (Å²) in [5, 5.41) is 13.6. The highest BCUT2D eigenvalue weighted by Crippen LogP contribution is 2.39. The predicted molar refractivity (Wildman–Crippen MR) is 96.0 cm³/mol. The number of phenolic OH excluding ortho intramolecular Hbond substituents is 1. The molecule has 4 heteroatoms. The molecule has 1 aliphatic rings. The van der Waals surface area contributed by atoms with E-state index in [9.17, 15) is 5.11 Å². The smallest absolute Gasteiger partial charge is 0.133 e. The lowest BCUT2D eigenvalue weighted by atomic mass is 9.90. The Hall–Kier alpha value is -1.55. The minimum atomic E-state index is -0.292. The molecule has 0 aliphatic carbocycles. The van der Waals surface area contributed by atoms with Gasteiger partial charge in [0, 0.05) is 13.0 Å². The van der Waals surface area contributed by atoms with Crippen molar-refractivity contribution in [1.29, 1.82) is 0 Å². The summed E-state index contributed by atoms with van der Waals surface area (Å²) in [5.41, 5.74) is 2.57. The van der Waals surface area contributed by atoms with Crippen molar-refractivity contribution in [2.75, 3.05) is 20.1 Å². The zero-order chi connectivity index (χ0) is 16.9. The van der Waals surface area contributed by atoms with Gasteiger partial charge in [0.25, 0.3) is 0 Å². The molecule has 0 unspecified atom stereocenters. The SMILES string of the molecule is CCCCCc1cc(O)c2c(c1)OC(C)(C)CC2=NCCNC. The highest BCUT2D eigenvalue weighted by atomic mass is 16.5. The normalized spacial score (nSPS) is 17.8. The molecule has 0 fully saturated rings.